The number of carbonyl (C=O) groups is 2. The van der Waals surface area contributed by atoms with Gasteiger partial charge in [-0.3, -0.25) is 19.6 Å². The van der Waals surface area contributed by atoms with Crippen LogP contribution < -0.4 is 16.6 Å². The van der Waals surface area contributed by atoms with E-state index in [1.54, 1.807) is 5.43 Å². The molecule has 1 rings (SSSR count). The van der Waals surface area contributed by atoms with E-state index in [2.05, 4.69) is 5.32 Å². The van der Waals surface area contributed by atoms with Gasteiger partial charge in [-0.1, -0.05) is 0 Å². The zero-order chi connectivity index (χ0) is 13.8. The third kappa shape index (κ3) is 4.13. The first-order valence-electron chi connectivity index (χ1n) is 4.70. The Morgan fingerprint density at radius 1 is 1.17 bits per heavy atom. The minimum Gasteiger partial charge on any atom is -0.326 e. The zero-order valence-electron chi connectivity index (χ0n) is 9.08. The summed E-state index contributed by atoms with van der Waals surface area (Å²) in [4.78, 5) is 21.8. The molecule has 0 saturated carbocycles. The molecule has 0 bridgehead atoms. The maximum atomic E-state index is 11.3. The summed E-state index contributed by atoms with van der Waals surface area (Å²) in [5.41, 5.74) is 2.09. The molecule has 0 aliphatic carbocycles. The highest BCUT2D eigenvalue weighted by Crippen LogP contribution is 2.13. The average molecular weight is 273 g/mol. The molecule has 0 atom stereocenters. The highest BCUT2D eigenvalue weighted by Gasteiger charge is 2.11. The van der Waals surface area contributed by atoms with E-state index in [-0.39, 0.29) is 10.6 Å². The maximum absolute atomic E-state index is 11.3. The van der Waals surface area contributed by atoms with Crippen molar-refractivity contribution in [1.29, 1.82) is 0 Å². The van der Waals surface area contributed by atoms with Crippen LogP contribution in [0.25, 0.3) is 0 Å². The number of anilines is 1. The summed E-state index contributed by atoms with van der Waals surface area (Å²) in [6, 6.07) is 4.80. The number of benzene rings is 1. The van der Waals surface area contributed by atoms with Crippen molar-refractivity contribution in [2.45, 2.75) is 11.3 Å². The van der Waals surface area contributed by atoms with Crippen molar-refractivity contribution in [3.05, 3.63) is 24.3 Å². The lowest BCUT2D eigenvalue weighted by molar-refractivity contribution is -0.126. The number of nitrogens with one attached hydrogen (secondary N) is 2. The number of nitrogens with two attached hydrogens (primary N) is 1. The summed E-state index contributed by atoms with van der Waals surface area (Å²) in [5, 5.41) is 2.35. The lowest BCUT2D eigenvalue weighted by atomic mass is 10.3. The summed E-state index contributed by atoms with van der Waals surface area (Å²) < 4.78 is 30.2. The van der Waals surface area contributed by atoms with Gasteiger partial charge in [-0.15, -0.1) is 0 Å². The first-order valence-corrected chi connectivity index (χ1v) is 6.14. The van der Waals surface area contributed by atoms with Crippen LogP contribution in [0.1, 0.15) is 6.42 Å². The Kier molecular flexibility index (Phi) is 4.37. The van der Waals surface area contributed by atoms with Gasteiger partial charge in [0, 0.05) is 5.69 Å². The van der Waals surface area contributed by atoms with E-state index in [0.29, 0.717) is 0 Å². The van der Waals surface area contributed by atoms with Gasteiger partial charge < -0.3 is 5.32 Å². The van der Waals surface area contributed by atoms with Crippen LogP contribution in [0.4, 0.5) is 5.69 Å². The van der Waals surface area contributed by atoms with Crippen molar-refractivity contribution < 1.29 is 22.6 Å². The minimum atomic E-state index is -4.26. The minimum absolute atomic E-state index is 0.289. The van der Waals surface area contributed by atoms with Crippen LogP contribution in [0.5, 0.6) is 0 Å². The van der Waals surface area contributed by atoms with E-state index >= 15 is 0 Å². The van der Waals surface area contributed by atoms with E-state index in [0.717, 1.165) is 12.1 Å². The lowest BCUT2D eigenvalue weighted by Gasteiger charge is -2.05. The summed E-state index contributed by atoms with van der Waals surface area (Å²) >= 11 is 0. The fourth-order valence-electron chi connectivity index (χ4n) is 1.11. The Bertz CT molecular complexity index is 552. The standard InChI is InChI=1S/C9H11N3O5S/c10-12-9(14)5-8(13)11-6-1-3-7(4-2-6)18(15,16)17/h1-4H,5,10H2,(H,11,13)(H,12,14)(H,15,16,17). The number of rotatable bonds is 4. The molecular weight excluding hydrogens is 262 g/mol. The molecule has 5 N–H and O–H groups in total. The molecule has 0 radical (unpaired) electrons. The normalized spacial score (nSPS) is 10.8. The van der Waals surface area contributed by atoms with Crippen LogP contribution in [0.3, 0.4) is 0 Å². The lowest BCUT2D eigenvalue weighted by Crippen LogP contribution is -2.33. The van der Waals surface area contributed by atoms with Gasteiger partial charge in [-0.05, 0) is 24.3 Å². The first kappa shape index (κ1) is 14.1. The predicted octanol–water partition coefficient (Wildman–Crippen LogP) is -0.748. The van der Waals surface area contributed by atoms with E-state index < -0.39 is 28.4 Å². The molecule has 0 aliphatic heterocycles. The molecule has 0 fully saturated rings. The van der Waals surface area contributed by atoms with Crippen LogP contribution in [0.2, 0.25) is 0 Å². The molecule has 2 amide bonds. The third-order valence-electron chi connectivity index (χ3n) is 1.92. The summed E-state index contributed by atoms with van der Waals surface area (Å²) in [6.45, 7) is 0. The maximum Gasteiger partial charge on any atom is 0.294 e. The van der Waals surface area contributed by atoms with Crippen molar-refractivity contribution in [3.8, 4) is 0 Å². The van der Waals surface area contributed by atoms with Crippen LogP contribution in [-0.4, -0.2) is 24.8 Å². The van der Waals surface area contributed by atoms with Crippen molar-refractivity contribution in [1.82, 2.24) is 5.43 Å². The van der Waals surface area contributed by atoms with Crippen molar-refractivity contribution in [3.63, 3.8) is 0 Å². The van der Waals surface area contributed by atoms with E-state index in [4.69, 9.17) is 10.4 Å². The molecule has 9 heteroatoms. The average Bonchev–Trinajstić information content (AvgIpc) is 2.28. The molecular formula is C9H11N3O5S. The molecule has 0 heterocycles. The predicted molar refractivity (Wildman–Crippen MR) is 61.8 cm³/mol. The van der Waals surface area contributed by atoms with Crippen LogP contribution in [0.15, 0.2) is 29.2 Å². The smallest absolute Gasteiger partial charge is 0.294 e. The Hall–Kier alpha value is -1.97. The molecule has 0 aliphatic rings. The molecule has 1 aromatic rings. The van der Waals surface area contributed by atoms with Gasteiger partial charge >= 0.3 is 0 Å². The molecule has 18 heavy (non-hydrogen) atoms. The SMILES string of the molecule is NNC(=O)CC(=O)Nc1ccc(S(=O)(=O)O)cc1. The molecule has 0 unspecified atom stereocenters. The molecule has 1 aromatic carbocycles. The van der Waals surface area contributed by atoms with Crippen molar-refractivity contribution in [2.24, 2.45) is 5.84 Å². The van der Waals surface area contributed by atoms with Crippen molar-refractivity contribution in [2.75, 3.05) is 5.32 Å². The van der Waals surface area contributed by atoms with Gasteiger partial charge in [0.05, 0.1) is 4.90 Å². The van der Waals surface area contributed by atoms with Gasteiger partial charge in [0.2, 0.25) is 11.8 Å². The highest BCUT2D eigenvalue weighted by molar-refractivity contribution is 7.85. The number of amides is 2. The second-order valence-corrected chi connectivity index (χ2v) is 4.71. The third-order valence-corrected chi connectivity index (χ3v) is 2.79. The number of hydrazine groups is 1. The number of carbonyl (C=O) groups excluding carboxylic acids is 2. The molecule has 0 saturated heterocycles. The first-order chi connectivity index (χ1) is 8.32. The number of hydrogen-bond donors (Lipinski definition) is 4. The van der Waals surface area contributed by atoms with Gasteiger partial charge in [0.15, 0.2) is 0 Å². The monoisotopic (exact) mass is 273 g/mol. The fourth-order valence-corrected chi connectivity index (χ4v) is 1.59. The van der Waals surface area contributed by atoms with Gasteiger partial charge in [0.25, 0.3) is 10.1 Å². The highest BCUT2D eigenvalue weighted by atomic mass is 32.2. The Balaban J connectivity index is 2.70. The number of hydrogen-bond acceptors (Lipinski definition) is 5. The van der Waals surface area contributed by atoms with Gasteiger partial charge in [0.1, 0.15) is 6.42 Å². The largest absolute Gasteiger partial charge is 0.326 e. The van der Waals surface area contributed by atoms with E-state index in [9.17, 15) is 18.0 Å². The van der Waals surface area contributed by atoms with Crippen molar-refractivity contribution >= 4 is 27.6 Å². The second kappa shape index (κ2) is 5.58. The summed E-state index contributed by atoms with van der Waals surface area (Å²) in [5.74, 6) is 3.56. The molecule has 0 spiro atoms. The summed E-state index contributed by atoms with van der Waals surface area (Å²) in [7, 11) is -4.26. The van der Waals surface area contributed by atoms with E-state index in [1.807, 2.05) is 0 Å². The Morgan fingerprint density at radius 2 is 1.72 bits per heavy atom. The summed E-state index contributed by atoms with van der Waals surface area (Å²) in [6.07, 6.45) is -0.448. The Labute approximate surface area is 103 Å². The molecule has 98 valence electrons. The quantitative estimate of drug-likeness (QED) is 0.187. The Morgan fingerprint density at radius 3 is 2.17 bits per heavy atom. The second-order valence-electron chi connectivity index (χ2n) is 3.29. The van der Waals surface area contributed by atoms with Gasteiger partial charge in [-0.25, -0.2) is 5.84 Å². The van der Waals surface area contributed by atoms with Gasteiger partial charge in [-0.2, -0.15) is 8.42 Å². The zero-order valence-corrected chi connectivity index (χ0v) is 9.90. The fraction of sp³-hybridized carbons (Fsp3) is 0.111. The van der Waals surface area contributed by atoms with E-state index in [1.165, 1.54) is 12.1 Å². The van der Waals surface area contributed by atoms with Crippen LogP contribution >= 0.6 is 0 Å². The topological polar surface area (TPSA) is 139 Å². The van der Waals surface area contributed by atoms with Crippen LogP contribution in [-0.2, 0) is 19.7 Å². The van der Waals surface area contributed by atoms with Crippen LogP contribution in [0, 0.1) is 0 Å². The molecule has 8 nitrogen and oxygen atoms in total. The molecule has 0 aromatic heterocycles.